The average molecular weight is 458 g/mol. The summed E-state index contributed by atoms with van der Waals surface area (Å²) in [5.74, 6) is -0.445. The zero-order chi connectivity index (χ0) is 23.3. The van der Waals surface area contributed by atoms with Crippen molar-refractivity contribution >= 4 is 17.6 Å². The molecule has 10 nitrogen and oxygen atoms in total. The van der Waals surface area contributed by atoms with Gasteiger partial charge in [-0.3, -0.25) is 9.59 Å². The minimum absolute atomic E-state index is 0.0661. The zero-order valence-electron chi connectivity index (χ0n) is 18.5. The van der Waals surface area contributed by atoms with E-state index < -0.39 is 5.97 Å². The number of carbonyl (C=O) groups excluding carboxylic acids is 1. The van der Waals surface area contributed by atoms with Gasteiger partial charge in [0.25, 0.3) is 0 Å². The highest BCUT2D eigenvalue weighted by atomic mass is 16.6. The Kier molecular flexibility index (Phi) is 16.7. The molecule has 0 saturated carbocycles. The van der Waals surface area contributed by atoms with Gasteiger partial charge in [-0.2, -0.15) is 0 Å². The maximum absolute atomic E-state index is 11.4. The number of esters is 1. The van der Waals surface area contributed by atoms with E-state index in [4.69, 9.17) is 39.3 Å². The highest BCUT2D eigenvalue weighted by molar-refractivity contribution is 5.69. The lowest BCUT2D eigenvalue weighted by Gasteiger charge is -2.09. The summed E-state index contributed by atoms with van der Waals surface area (Å²) in [4.78, 5) is 21.8. The number of hydrogen-bond donors (Lipinski definition) is 2. The van der Waals surface area contributed by atoms with Crippen LogP contribution in [0.25, 0.3) is 0 Å². The molecule has 1 aromatic rings. The smallest absolute Gasteiger partial charge is 0.305 e. The molecule has 0 fully saturated rings. The normalized spacial score (nSPS) is 10.8. The predicted octanol–water partition coefficient (Wildman–Crippen LogP) is 1.90. The van der Waals surface area contributed by atoms with Gasteiger partial charge in [-0.25, -0.2) is 0 Å². The zero-order valence-corrected chi connectivity index (χ0v) is 18.5. The average Bonchev–Trinajstić information content (AvgIpc) is 2.77. The van der Waals surface area contributed by atoms with E-state index in [1.54, 1.807) is 12.1 Å². The lowest BCUT2D eigenvalue weighted by molar-refractivity contribution is -0.146. The third kappa shape index (κ3) is 17.3. The van der Waals surface area contributed by atoms with Crippen LogP contribution in [0.15, 0.2) is 24.3 Å². The SMILES string of the molecule is Nc1ccc(OCCOCCOCCOCCOCCOC(=O)CCCCC(=O)O)cc1. The summed E-state index contributed by atoms with van der Waals surface area (Å²) in [5, 5.41) is 8.51. The molecule has 0 aliphatic rings. The summed E-state index contributed by atoms with van der Waals surface area (Å²) in [6.45, 7) is 4.08. The van der Waals surface area contributed by atoms with Crippen molar-refractivity contribution in [1.29, 1.82) is 0 Å². The van der Waals surface area contributed by atoms with E-state index in [9.17, 15) is 9.59 Å². The number of carbonyl (C=O) groups is 2. The fourth-order valence-electron chi connectivity index (χ4n) is 2.38. The number of unbranched alkanes of at least 4 members (excludes halogenated alkanes) is 1. The molecule has 0 unspecified atom stereocenters. The molecule has 10 heteroatoms. The van der Waals surface area contributed by atoms with Gasteiger partial charge in [0, 0.05) is 18.5 Å². The number of carboxylic acids is 1. The highest BCUT2D eigenvalue weighted by Crippen LogP contribution is 2.12. The van der Waals surface area contributed by atoms with Crippen molar-refractivity contribution in [3.05, 3.63) is 24.3 Å². The molecule has 0 aliphatic heterocycles. The molecule has 1 rings (SSSR count). The quantitative estimate of drug-likeness (QED) is 0.160. The van der Waals surface area contributed by atoms with Crippen LogP contribution < -0.4 is 10.5 Å². The van der Waals surface area contributed by atoms with E-state index in [1.165, 1.54) is 0 Å². The van der Waals surface area contributed by atoms with Gasteiger partial charge in [-0.1, -0.05) is 0 Å². The van der Waals surface area contributed by atoms with Crippen LogP contribution in [0.4, 0.5) is 5.69 Å². The molecule has 0 bridgehead atoms. The van der Waals surface area contributed by atoms with E-state index in [0.29, 0.717) is 78.0 Å². The molecule has 0 spiro atoms. The second-order valence-corrected chi connectivity index (χ2v) is 6.69. The Balaban J connectivity index is 1.74. The molecular weight excluding hydrogens is 422 g/mol. The molecule has 0 atom stereocenters. The molecular formula is C22H35NO9. The number of anilines is 1. The number of hydrogen-bond acceptors (Lipinski definition) is 9. The van der Waals surface area contributed by atoms with E-state index in [2.05, 4.69) is 0 Å². The Morgan fingerprint density at radius 3 is 1.69 bits per heavy atom. The Bertz CT molecular complexity index is 610. The molecule has 0 aromatic heterocycles. The number of nitrogens with two attached hydrogens (primary N) is 1. The van der Waals surface area contributed by atoms with Gasteiger partial charge in [0.1, 0.15) is 19.0 Å². The third-order valence-electron chi connectivity index (χ3n) is 4.00. The van der Waals surface area contributed by atoms with Crippen LogP contribution in [-0.4, -0.2) is 83.1 Å². The lowest BCUT2D eigenvalue weighted by Crippen LogP contribution is -2.15. The van der Waals surface area contributed by atoms with Crippen molar-refractivity contribution in [2.75, 3.05) is 71.8 Å². The van der Waals surface area contributed by atoms with Crippen LogP contribution in [0.2, 0.25) is 0 Å². The Morgan fingerprint density at radius 2 is 1.16 bits per heavy atom. The summed E-state index contributed by atoms with van der Waals surface area (Å²) in [6, 6.07) is 7.19. The van der Waals surface area contributed by atoms with Crippen molar-refractivity contribution in [3.8, 4) is 5.75 Å². The molecule has 0 amide bonds. The summed E-state index contributed by atoms with van der Waals surface area (Å²) in [7, 11) is 0. The number of rotatable bonds is 21. The first-order valence-corrected chi connectivity index (χ1v) is 10.7. The van der Waals surface area contributed by atoms with Crippen molar-refractivity contribution in [3.63, 3.8) is 0 Å². The number of nitrogen functional groups attached to an aromatic ring is 1. The standard InChI is InChI=1S/C22H35NO9/c23-19-5-7-20(8-6-19)31-17-15-29-13-11-27-9-10-28-12-14-30-16-18-32-22(26)4-2-1-3-21(24)25/h5-8H,1-4,9-18,23H2,(H,24,25). The van der Waals surface area contributed by atoms with Crippen LogP contribution in [0.3, 0.4) is 0 Å². The fourth-order valence-corrected chi connectivity index (χ4v) is 2.38. The fraction of sp³-hybridized carbons (Fsp3) is 0.636. The first kappa shape index (κ1) is 27.6. The van der Waals surface area contributed by atoms with Crippen LogP contribution in [0.5, 0.6) is 5.75 Å². The van der Waals surface area contributed by atoms with Crippen LogP contribution in [0.1, 0.15) is 25.7 Å². The van der Waals surface area contributed by atoms with Crippen molar-refractivity contribution in [2.24, 2.45) is 0 Å². The Morgan fingerprint density at radius 1 is 0.688 bits per heavy atom. The minimum Gasteiger partial charge on any atom is -0.491 e. The summed E-state index contributed by atoms with van der Waals surface area (Å²) >= 11 is 0. The monoisotopic (exact) mass is 457 g/mol. The molecule has 0 aliphatic carbocycles. The molecule has 182 valence electrons. The van der Waals surface area contributed by atoms with Crippen molar-refractivity contribution in [2.45, 2.75) is 25.7 Å². The van der Waals surface area contributed by atoms with Gasteiger partial charge in [0.2, 0.25) is 0 Å². The Labute approximate surface area is 188 Å². The molecule has 1 aromatic carbocycles. The van der Waals surface area contributed by atoms with E-state index >= 15 is 0 Å². The van der Waals surface area contributed by atoms with Crippen molar-refractivity contribution < 1.29 is 43.1 Å². The van der Waals surface area contributed by atoms with Gasteiger partial charge in [0.05, 0.1) is 52.9 Å². The first-order valence-electron chi connectivity index (χ1n) is 10.7. The topological polar surface area (TPSA) is 136 Å². The number of ether oxygens (including phenoxy) is 6. The molecule has 0 heterocycles. The molecule has 32 heavy (non-hydrogen) atoms. The van der Waals surface area contributed by atoms with Gasteiger partial charge in [-0.05, 0) is 37.1 Å². The van der Waals surface area contributed by atoms with Gasteiger partial charge >= 0.3 is 11.9 Å². The third-order valence-corrected chi connectivity index (χ3v) is 4.00. The van der Waals surface area contributed by atoms with Crippen LogP contribution in [0, 0.1) is 0 Å². The number of carboxylic acid groups (broad SMARTS) is 1. The summed E-state index contributed by atoms with van der Waals surface area (Å²) < 4.78 is 32.0. The number of aliphatic carboxylic acids is 1. The van der Waals surface area contributed by atoms with E-state index in [0.717, 1.165) is 5.75 Å². The summed E-state index contributed by atoms with van der Waals surface area (Å²) in [5.41, 5.74) is 6.31. The largest absolute Gasteiger partial charge is 0.491 e. The maximum atomic E-state index is 11.4. The van der Waals surface area contributed by atoms with Crippen molar-refractivity contribution in [1.82, 2.24) is 0 Å². The second-order valence-electron chi connectivity index (χ2n) is 6.69. The molecule has 0 saturated heterocycles. The van der Waals surface area contributed by atoms with Gasteiger partial charge in [-0.15, -0.1) is 0 Å². The predicted molar refractivity (Wildman–Crippen MR) is 117 cm³/mol. The number of benzene rings is 1. The first-order chi connectivity index (χ1) is 15.6. The Hall–Kier alpha value is -2.40. The van der Waals surface area contributed by atoms with E-state index in [-0.39, 0.29) is 25.4 Å². The lowest BCUT2D eigenvalue weighted by atomic mass is 10.2. The van der Waals surface area contributed by atoms with E-state index in [1.807, 2.05) is 12.1 Å². The summed E-state index contributed by atoms with van der Waals surface area (Å²) in [6.07, 6.45) is 1.26. The van der Waals surface area contributed by atoms with Crippen LogP contribution >= 0.6 is 0 Å². The highest BCUT2D eigenvalue weighted by Gasteiger charge is 2.04. The van der Waals surface area contributed by atoms with Crippen LogP contribution in [-0.2, 0) is 33.3 Å². The molecule has 0 radical (unpaired) electrons. The maximum Gasteiger partial charge on any atom is 0.305 e. The van der Waals surface area contributed by atoms with Gasteiger partial charge < -0.3 is 39.3 Å². The molecule has 3 N–H and O–H groups in total. The minimum atomic E-state index is -0.859. The van der Waals surface area contributed by atoms with Gasteiger partial charge in [0.15, 0.2) is 0 Å². The second kappa shape index (κ2) is 19.3.